The van der Waals surface area contributed by atoms with Crippen molar-refractivity contribution >= 4 is 5.97 Å². The molecule has 3 heteroatoms. The molecule has 1 aliphatic carbocycles. The van der Waals surface area contributed by atoms with E-state index in [1.54, 1.807) is 6.26 Å². The molecule has 2 aliphatic rings. The van der Waals surface area contributed by atoms with Gasteiger partial charge in [-0.15, -0.1) is 0 Å². The first-order chi connectivity index (χ1) is 5.34. The lowest BCUT2D eigenvalue weighted by molar-refractivity contribution is -0.145. The molecule has 11 heavy (non-hydrogen) atoms. The molecule has 1 saturated carbocycles. The number of ether oxygens (including phenoxy) is 2. The lowest BCUT2D eigenvalue weighted by Gasteiger charge is -2.00. The lowest BCUT2D eigenvalue weighted by atomic mass is 10.3. The molecular weight excluding hydrogens is 144 g/mol. The fourth-order valence-corrected chi connectivity index (χ4v) is 1.47. The van der Waals surface area contributed by atoms with E-state index in [1.807, 2.05) is 13.0 Å². The first kappa shape index (κ1) is 6.70. The minimum Gasteiger partial charge on any atom is -0.497 e. The average molecular weight is 154 g/mol. The van der Waals surface area contributed by atoms with Crippen LogP contribution in [0.3, 0.4) is 0 Å². The number of rotatable bonds is 2. The van der Waals surface area contributed by atoms with Gasteiger partial charge < -0.3 is 9.47 Å². The van der Waals surface area contributed by atoms with Gasteiger partial charge in [0.2, 0.25) is 0 Å². The van der Waals surface area contributed by atoms with Gasteiger partial charge in [0.25, 0.3) is 0 Å². The summed E-state index contributed by atoms with van der Waals surface area (Å²) in [6.45, 7) is 2.27. The average Bonchev–Trinajstić information content (AvgIpc) is 2.47. The smallest absolute Gasteiger partial charge is 0.313 e. The molecule has 0 unspecified atom stereocenters. The molecule has 0 aromatic rings. The van der Waals surface area contributed by atoms with Gasteiger partial charge in [-0.25, -0.2) is 0 Å². The van der Waals surface area contributed by atoms with Crippen LogP contribution in [0.15, 0.2) is 12.3 Å². The van der Waals surface area contributed by atoms with Gasteiger partial charge in [0, 0.05) is 5.92 Å². The highest BCUT2D eigenvalue weighted by molar-refractivity contribution is 5.78. The van der Waals surface area contributed by atoms with E-state index in [9.17, 15) is 4.79 Å². The minimum absolute atomic E-state index is 0.0139. The highest BCUT2D eigenvalue weighted by Gasteiger charge is 2.58. The van der Waals surface area contributed by atoms with Crippen LogP contribution >= 0.6 is 0 Å². The van der Waals surface area contributed by atoms with Gasteiger partial charge in [0.05, 0.1) is 12.9 Å². The maximum Gasteiger partial charge on any atom is 0.313 e. The minimum atomic E-state index is -0.119. The second kappa shape index (κ2) is 2.26. The van der Waals surface area contributed by atoms with Crippen molar-refractivity contribution < 1.29 is 14.3 Å². The quantitative estimate of drug-likeness (QED) is 0.549. The second-order valence-electron chi connectivity index (χ2n) is 2.78. The zero-order chi connectivity index (χ0) is 7.84. The van der Waals surface area contributed by atoms with Gasteiger partial charge in [0.15, 0.2) is 0 Å². The Kier molecular flexibility index (Phi) is 1.37. The van der Waals surface area contributed by atoms with E-state index in [4.69, 9.17) is 9.47 Å². The number of hydrogen-bond acceptors (Lipinski definition) is 3. The molecule has 0 aromatic heterocycles. The van der Waals surface area contributed by atoms with Crippen molar-refractivity contribution in [1.29, 1.82) is 0 Å². The topological polar surface area (TPSA) is 35.5 Å². The van der Waals surface area contributed by atoms with E-state index >= 15 is 0 Å². The molecule has 60 valence electrons. The fraction of sp³-hybridized carbons (Fsp3) is 0.625. The standard InChI is InChI=1S/C8H10O3/c1-2-10-8(9)6-5-3-4-11-7(5)6/h3-7H,2H2,1H3/t5-,6-,7-/m1/s1. The Morgan fingerprint density at radius 3 is 3.09 bits per heavy atom. The van der Waals surface area contributed by atoms with E-state index in [0.717, 1.165) is 0 Å². The van der Waals surface area contributed by atoms with Crippen molar-refractivity contribution in [2.75, 3.05) is 6.61 Å². The van der Waals surface area contributed by atoms with Gasteiger partial charge >= 0.3 is 5.97 Å². The number of carbonyl (C=O) groups excluding carboxylic acids is 1. The molecule has 3 atom stereocenters. The van der Waals surface area contributed by atoms with Gasteiger partial charge in [-0.3, -0.25) is 4.79 Å². The third-order valence-corrected chi connectivity index (χ3v) is 2.10. The van der Waals surface area contributed by atoms with Crippen LogP contribution in [0, 0.1) is 11.8 Å². The van der Waals surface area contributed by atoms with E-state index in [1.165, 1.54) is 0 Å². The molecule has 3 nitrogen and oxygen atoms in total. The number of hydrogen-bond donors (Lipinski definition) is 0. The van der Waals surface area contributed by atoms with Crippen LogP contribution in [0.4, 0.5) is 0 Å². The van der Waals surface area contributed by atoms with Crippen molar-refractivity contribution in [3.8, 4) is 0 Å². The summed E-state index contributed by atoms with van der Waals surface area (Å²) in [5.41, 5.74) is 0. The zero-order valence-electron chi connectivity index (χ0n) is 6.32. The van der Waals surface area contributed by atoms with Gasteiger partial charge in [-0.1, -0.05) is 0 Å². The monoisotopic (exact) mass is 154 g/mol. The Hall–Kier alpha value is -0.990. The second-order valence-corrected chi connectivity index (χ2v) is 2.78. The molecule has 0 aromatic carbocycles. The Labute approximate surface area is 65.0 Å². The summed E-state index contributed by atoms with van der Waals surface area (Å²) < 4.78 is 9.97. The summed E-state index contributed by atoms with van der Waals surface area (Å²) in [5.74, 6) is 0.167. The number of carbonyl (C=O) groups is 1. The molecule has 0 saturated heterocycles. The largest absolute Gasteiger partial charge is 0.497 e. The number of esters is 1. The van der Waals surface area contributed by atoms with Crippen molar-refractivity contribution in [1.82, 2.24) is 0 Å². The molecule has 0 bridgehead atoms. The Bertz CT molecular complexity index is 209. The van der Waals surface area contributed by atoms with Crippen molar-refractivity contribution in [2.45, 2.75) is 13.0 Å². The molecule has 1 heterocycles. The van der Waals surface area contributed by atoms with E-state index < -0.39 is 0 Å². The van der Waals surface area contributed by atoms with Crippen LogP contribution in [0.25, 0.3) is 0 Å². The normalized spacial score (nSPS) is 37.7. The summed E-state index contributed by atoms with van der Waals surface area (Å²) in [7, 11) is 0. The fourth-order valence-electron chi connectivity index (χ4n) is 1.47. The van der Waals surface area contributed by atoms with Gasteiger partial charge in [-0.05, 0) is 13.0 Å². The van der Waals surface area contributed by atoms with Crippen molar-refractivity contribution in [2.24, 2.45) is 11.8 Å². The molecule has 2 rings (SSSR count). The van der Waals surface area contributed by atoms with Crippen molar-refractivity contribution in [3.05, 3.63) is 12.3 Å². The predicted octanol–water partition coefficient (Wildman–Crippen LogP) is 0.708. The maximum absolute atomic E-state index is 11.1. The summed E-state index contributed by atoms with van der Waals surface area (Å²) in [5, 5.41) is 0. The van der Waals surface area contributed by atoms with Gasteiger partial charge in [0.1, 0.15) is 12.0 Å². The van der Waals surface area contributed by atoms with E-state index in [0.29, 0.717) is 12.5 Å². The molecular formula is C8H10O3. The van der Waals surface area contributed by atoms with E-state index in [-0.39, 0.29) is 18.0 Å². The van der Waals surface area contributed by atoms with Crippen LogP contribution in [-0.4, -0.2) is 18.7 Å². The summed E-state index contributed by atoms with van der Waals surface area (Å²) >= 11 is 0. The van der Waals surface area contributed by atoms with Gasteiger partial charge in [-0.2, -0.15) is 0 Å². The molecule has 0 radical (unpaired) electrons. The van der Waals surface area contributed by atoms with Crippen LogP contribution in [0.1, 0.15) is 6.92 Å². The summed E-state index contributed by atoms with van der Waals surface area (Å²) in [6, 6.07) is 0. The SMILES string of the molecule is CCOC(=O)[C@@H]1[C@H]2C=CO[C@H]21. The third-order valence-electron chi connectivity index (χ3n) is 2.10. The van der Waals surface area contributed by atoms with E-state index in [2.05, 4.69) is 0 Å². The highest BCUT2D eigenvalue weighted by atomic mass is 16.5. The Morgan fingerprint density at radius 2 is 2.55 bits per heavy atom. The Morgan fingerprint density at radius 1 is 1.73 bits per heavy atom. The molecule has 1 aliphatic heterocycles. The first-order valence-corrected chi connectivity index (χ1v) is 3.83. The summed E-state index contributed by atoms with van der Waals surface area (Å²) in [6.07, 6.45) is 3.67. The van der Waals surface area contributed by atoms with Crippen LogP contribution in [0.5, 0.6) is 0 Å². The van der Waals surface area contributed by atoms with Crippen molar-refractivity contribution in [3.63, 3.8) is 0 Å². The first-order valence-electron chi connectivity index (χ1n) is 3.83. The predicted molar refractivity (Wildman–Crippen MR) is 37.6 cm³/mol. The molecule has 1 fully saturated rings. The lowest BCUT2D eigenvalue weighted by Crippen LogP contribution is -2.10. The molecule has 0 N–H and O–H groups in total. The highest BCUT2D eigenvalue weighted by Crippen LogP contribution is 2.47. The Balaban J connectivity index is 1.90. The molecule has 0 amide bonds. The number of fused-ring (bicyclic) bond motifs is 1. The summed E-state index contributed by atoms with van der Waals surface area (Å²) in [4.78, 5) is 11.1. The van der Waals surface area contributed by atoms with Crippen LogP contribution in [0.2, 0.25) is 0 Å². The van der Waals surface area contributed by atoms with Crippen LogP contribution in [-0.2, 0) is 14.3 Å². The third kappa shape index (κ3) is 0.914. The zero-order valence-corrected chi connectivity index (χ0v) is 6.32. The van der Waals surface area contributed by atoms with Crippen LogP contribution < -0.4 is 0 Å². The molecule has 0 spiro atoms. The maximum atomic E-state index is 11.1.